The van der Waals surface area contributed by atoms with Crippen molar-refractivity contribution in [2.24, 2.45) is 5.73 Å². The quantitative estimate of drug-likeness (QED) is 0.604. The number of carbonyl (C=O) groups is 1. The van der Waals surface area contributed by atoms with Gasteiger partial charge in [-0.15, -0.1) is 0 Å². The number of H-pyrrole nitrogens is 1. The van der Waals surface area contributed by atoms with Gasteiger partial charge < -0.3 is 10.5 Å². The van der Waals surface area contributed by atoms with Crippen LogP contribution in [-0.2, 0) is 9.53 Å². The maximum atomic E-state index is 11.1. The Kier molecular flexibility index (Phi) is 2.82. The van der Waals surface area contributed by atoms with Crippen LogP contribution in [0.5, 0.6) is 0 Å². The highest BCUT2D eigenvalue weighted by molar-refractivity contribution is 5.78. The van der Waals surface area contributed by atoms with Gasteiger partial charge in [-0.05, 0) is 0 Å². The molecule has 0 saturated carbocycles. The third kappa shape index (κ3) is 1.62. The standard InChI is InChI=1S/C7H11N3O2/c1-12-7(11)6(2-8)5-3-9-10-4-5/h3-4,6H,2,8H2,1H3,(H,9,10). The number of hydrogen-bond acceptors (Lipinski definition) is 4. The zero-order valence-corrected chi connectivity index (χ0v) is 6.78. The van der Waals surface area contributed by atoms with Crippen LogP contribution in [0.25, 0.3) is 0 Å². The van der Waals surface area contributed by atoms with E-state index in [1.807, 2.05) is 0 Å². The Balaban J connectivity index is 2.76. The molecule has 0 amide bonds. The molecule has 1 atom stereocenters. The Hall–Kier alpha value is -1.36. The van der Waals surface area contributed by atoms with Gasteiger partial charge in [0.2, 0.25) is 0 Å². The van der Waals surface area contributed by atoms with Crippen LogP contribution in [0.1, 0.15) is 11.5 Å². The zero-order chi connectivity index (χ0) is 8.97. The van der Waals surface area contributed by atoms with Crippen molar-refractivity contribution < 1.29 is 9.53 Å². The number of nitrogens with zero attached hydrogens (tertiary/aromatic N) is 1. The summed E-state index contributed by atoms with van der Waals surface area (Å²) in [7, 11) is 1.34. The summed E-state index contributed by atoms with van der Waals surface area (Å²) in [5, 5.41) is 6.33. The highest BCUT2D eigenvalue weighted by atomic mass is 16.5. The number of ether oxygens (including phenoxy) is 1. The van der Waals surface area contributed by atoms with Gasteiger partial charge in [-0.2, -0.15) is 5.10 Å². The molecule has 0 radical (unpaired) electrons. The lowest BCUT2D eigenvalue weighted by Crippen LogP contribution is -2.22. The fourth-order valence-corrected chi connectivity index (χ4v) is 0.962. The van der Waals surface area contributed by atoms with Gasteiger partial charge >= 0.3 is 5.97 Å². The van der Waals surface area contributed by atoms with Crippen LogP contribution in [0.3, 0.4) is 0 Å². The second-order valence-corrected chi connectivity index (χ2v) is 2.34. The van der Waals surface area contributed by atoms with Crippen molar-refractivity contribution in [3.63, 3.8) is 0 Å². The second-order valence-electron chi connectivity index (χ2n) is 2.34. The molecular weight excluding hydrogens is 158 g/mol. The summed E-state index contributed by atoms with van der Waals surface area (Å²) < 4.78 is 4.57. The molecule has 3 N–H and O–H groups in total. The molecule has 0 aliphatic carbocycles. The highest BCUT2D eigenvalue weighted by Crippen LogP contribution is 2.13. The summed E-state index contributed by atoms with van der Waals surface area (Å²) in [5.41, 5.74) is 6.15. The number of carbonyl (C=O) groups excluding carboxylic acids is 1. The minimum Gasteiger partial charge on any atom is -0.469 e. The predicted molar refractivity (Wildman–Crippen MR) is 42.4 cm³/mol. The molecule has 0 aliphatic rings. The van der Waals surface area contributed by atoms with Gasteiger partial charge in [0.15, 0.2) is 0 Å². The van der Waals surface area contributed by atoms with Crippen LogP contribution >= 0.6 is 0 Å². The van der Waals surface area contributed by atoms with Gasteiger partial charge in [0.25, 0.3) is 0 Å². The molecule has 5 heteroatoms. The van der Waals surface area contributed by atoms with Gasteiger partial charge in [-0.1, -0.05) is 0 Å². The molecule has 1 aromatic heterocycles. The maximum absolute atomic E-state index is 11.1. The molecule has 0 fully saturated rings. The maximum Gasteiger partial charge on any atom is 0.314 e. The minimum absolute atomic E-state index is 0.228. The van der Waals surface area contributed by atoms with Crippen LogP contribution in [-0.4, -0.2) is 29.8 Å². The van der Waals surface area contributed by atoms with Gasteiger partial charge in [0.1, 0.15) is 0 Å². The number of hydrogen-bond donors (Lipinski definition) is 2. The lowest BCUT2D eigenvalue weighted by atomic mass is 10.0. The van der Waals surface area contributed by atoms with Gasteiger partial charge in [-0.3, -0.25) is 9.89 Å². The number of methoxy groups -OCH3 is 1. The van der Waals surface area contributed by atoms with E-state index in [0.717, 1.165) is 5.56 Å². The van der Waals surface area contributed by atoms with Crippen LogP contribution < -0.4 is 5.73 Å². The monoisotopic (exact) mass is 169 g/mol. The lowest BCUT2D eigenvalue weighted by molar-refractivity contribution is -0.142. The van der Waals surface area contributed by atoms with E-state index in [4.69, 9.17) is 5.73 Å². The summed E-state index contributed by atoms with van der Waals surface area (Å²) in [6.45, 7) is 0.228. The third-order valence-corrected chi connectivity index (χ3v) is 1.64. The van der Waals surface area contributed by atoms with Crippen molar-refractivity contribution in [1.82, 2.24) is 10.2 Å². The Morgan fingerprint density at radius 1 is 1.92 bits per heavy atom. The molecule has 0 aromatic carbocycles. The number of aromatic amines is 1. The number of nitrogens with two attached hydrogens (primary N) is 1. The van der Waals surface area contributed by atoms with E-state index < -0.39 is 5.92 Å². The molecule has 0 aliphatic heterocycles. The molecule has 0 saturated heterocycles. The van der Waals surface area contributed by atoms with E-state index in [2.05, 4.69) is 14.9 Å². The fraction of sp³-hybridized carbons (Fsp3) is 0.429. The summed E-state index contributed by atoms with van der Waals surface area (Å²) in [5.74, 6) is -0.743. The SMILES string of the molecule is COC(=O)C(CN)c1cn[nH]c1. The molecule has 1 heterocycles. The van der Waals surface area contributed by atoms with Crippen molar-refractivity contribution in [3.8, 4) is 0 Å². The fourth-order valence-electron chi connectivity index (χ4n) is 0.962. The zero-order valence-electron chi connectivity index (χ0n) is 6.78. The molecular formula is C7H11N3O2. The van der Waals surface area contributed by atoms with E-state index in [1.54, 1.807) is 12.4 Å². The number of nitrogens with one attached hydrogen (secondary N) is 1. The highest BCUT2D eigenvalue weighted by Gasteiger charge is 2.19. The third-order valence-electron chi connectivity index (χ3n) is 1.64. The van der Waals surface area contributed by atoms with Crippen LogP contribution in [0.4, 0.5) is 0 Å². The van der Waals surface area contributed by atoms with Crippen LogP contribution in [0.15, 0.2) is 12.4 Å². The topological polar surface area (TPSA) is 81.0 Å². The van der Waals surface area contributed by atoms with E-state index >= 15 is 0 Å². The number of aromatic nitrogens is 2. The second kappa shape index (κ2) is 3.87. The Morgan fingerprint density at radius 2 is 2.67 bits per heavy atom. The largest absolute Gasteiger partial charge is 0.469 e. The molecule has 1 aromatic rings. The molecule has 1 unspecified atom stereocenters. The van der Waals surface area contributed by atoms with Crippen molar-refractivity contribution in [1.29, 1.82) is 0 Å². The van der Waals surface area contributed by atoms with Gasteiger partial charge in [0.05, 0.1) is 19.2 Å². The molecule has 66 valence electrons. The minimum atomic E-state index is -0.409. The van der Waals surface area contributed by atoms with E-state index in [9.17, 15) is 4.79 Å². The van der Waals surface area contributed by atoms with Crippen molar-refractivity contribution >= 4 is 5.97 Å². The van der Waals surface area contributed by atoms with Crippen LogP contribution in [0.2, 0.25) is 0 Å². The molecule has 0 spiro atoms. The average molecular weight is 169 g/mol. The van der Waals surface area contributed by atoms with Crippen molar-refractivity contribution in [2.45, 2.75) is 5.92 Å². The van der Waals surface area contributed by atoms with E-state index in [1.165, 1.54) is 7.11 Å². The number of rotatable bonds is 3. The smallest absolute Gasteiger partial charge is 0.314 e. The van der Waals surface area contributed by atoms with Crippen LogP contribution in [0, 0.1) is 0 Å². The number of esters is 1. The Morgan fingerprint density at radius 3 is 3.08 bits per heavy atom. The Bertz CT molecular complexity index is 245. The first kappa shape index (κ1) is 8.73. The average Bonchev–Trinajstić information content (AvgIpc) is 2.58. The predicted octanol–water partition coefficient (Wildman–Crippen LogP) is -0.375. The molecule has 12 heavy (non-hydrogen) atoms. The molecule has 1 rings (SSSR count). The Labute approximate surface area is 69.9 Å². The van der Waals surface area contributed by atoms with E-state index in [-0.39, 0.29) is 12.5 Å². The van der Waals surface area contributed by atoms with Crippen molar-refractivity contribution in [2.75, 3.05) is 13.7 Å². The summed E-state index contributed by atoms with van der Waals surface area (Å²) in [4.78, 5) is 11.1. The van der Waals surface area contributed by atoms with Gasteiger partial charge in [-0.25, -0.2) is 0 Å². The summed E-state index contributed by atoms with van der Waals surface area (Å²) >= 11 is 0. The first-order chi connectivity index (χ1) is 5.79. The first-order valence-corrected chi connectivity index (χ1v) is 3.56. The normalized spacial score (nSPS) is 12.5. The molecule has 5 nitrogen and oxygen atoms in total. The summed E-state index contributed by atoms with van der Waals surface area (Å²) in [6.07, 6.45) is 3.20. The lowest BCUT2D eigenvalue weighted by Gasteiger charge is -2.08. The van der Waals surface area contributed by atoms with E-state index in [0.29, 0.717) is 0 Å². The van der Waals surface area contributed by atoms with Crippen molar-refractivity contribution in [3.05, 3.63) is 18.0 Å². The van der Waals surface area contributed by atoms with Gasteiger partial charge in [0, 0.05) is 18.3 Å². The first-order valence-electron chi connectivity index (χ1n) is 3.56. The molecule has 0 bridgehead atoms. The summed E-state index contributed by atoms with van der Waals surface area (Å²) in [6, 6.07) is 0.